The molecule has 3 heterocycles. The summed E-state index contributed by atoms with van der Waals surface area (Å²) >= 11 is 6.52. The number of halogens is 1. The third-order valence-electron chi connectivity index (χ3n) is 7.35. The minimum Gasteiger partial charge on any atom is -0.497 e. The first-order valence-electron chi connectivity index (χ1n) is 14.0. The molecule has 0 unspecified atom stereocenters. The number of alkyl carbamates (subject to hydrolysis) is 1. The van der Waals surface area contributed by atoms with E-state index in [4.69, 9.17) is 21.1 Å². The molecule has 0 radical (unpaired) electrons. The number of piperidine rings is 1. The van der Waals surface area contributed by atoms with E-state index in [9.17, 15) is 9.59 Å². The maximum atomic E-state index is 13.5. The fraction of sp³-hybridized carbons (Fsp3) is 0.452. The van der Waals surface area contributed by atoms with Crippen LogP contribution in [0.4, 0.5) is 16.4 Å². The number of nitrogens with one attached hydrogen (secondary N) is 2. The Balaban J connectivity index is 1.38. The predicted octanol–water partition coefficient (Wildman–Crippen LogP) is 5.82. The van der Waals surface area contributed by atoms with Crippen LogP contribution in [0.25, 0.3) is 0 Å². The molecule has 1 aliphatic rings. The van der Waals surface area contributed by atoms with Crippen LogP contribution in [0.2, 0.25) is 5.15 Å². The van der Waals surface area contributed by atoms with Gasteiger partial charge in [0.25, 0.3) is 0 Å². The Bertz CT molecular complexity index is 1420. The molecule has 0 atom stereocenters. The lowest BCUT2D eigenvalue weighted by atomic mass is 9.80. The van der Waals surface area contributed by atoms with E-state index < -0.39 is 11.7 Å². The standard InChI is InChI=1S/C31H39ClN6O4/c1-20-23(11-14-33-28(20)35-17-21-7-9-22(41-6)10-8-21)26(39)25-27(32)37-24(18-34-25)38-15-12-31(5,13-16-38)19-36-29(40)42-30(2,3)4/h7-11,14,18H,12-13,15-17,19H2,1-6H3,(H,33,35)(H,36,40). The van der Waals surface area contributed by atoms with Gasteiger partial charge < -0.3 is 25.0 Å². The second kappa shape index (κ2) is 12.9. The van der Waals surface area contributed by atoms with E-state index >= 15 is 0 Å². The molecule has 3 aromatic rings. The zero-order valence-corrected chi connectivity index (χ0v) is 25.8. The summed E-state index contributed by atoms with van der Waals surface area (Å²) in [7, 11) is 1.63. The van der Waals surface area contributed by atoms with Crippen LogP contribution in [0.15, 0.2) is 42.7 Å². The van der Waals surface area contributed by atoms with Crippen molar-refractivity contribution in [3.63, 3.8) is 0 Å². The molecular weight excluding hydrogens is 556 g/mol. The molecule has 224 valence electrons. The van der Waals surface area contributed by atoms with Gasteiger partial charge in [-0.25, -0.2) is 19.7 Å². The van der Waals surface area contributed by atoms with Gasteiger partial charge in [-0.1, -0.05) is 30.7 Å². The molecule has 1 amide bonds. The van der Waals surface area contributed by atoms with Gasteiger partial charge in [-0.2, -0.15) is 0 Å². The van der Waals surface area contributed by atoms with Crippen molar-refractivity contribution >= 4 is 35.1 Å². The van der Waals surface area contributed by atoms with Crippen LogP contribution in [-0.4, -0.2) is 59.2 Å². The largest absolute Gasteiger partial charge is 0.497 e. The number of ether oxygens (including phenoxy) is 2. The lowest BCUT2D eigenvalue weighted by molar-refractivity contribution is 0.0495. The molecule has 1 saturated heterocycles. The van der Waals surface area contributed by atoms with Crippen molar-refractivity contribution in [1.82, 2.24) is 20.3 Å². The number of hydrogen-bond acceptors (Lipinski definition) is 9. The Hall–Kier alpha value is -3.92. The van der Waals surface area contributed by atoms with Gasteiger partial charge in [0.15, 0.2) is 5.15 Å². The van der Waals surface area contributed by atoms with E-state index in [1.807, 2.05) is 52.0 Å². The lowest BCUT2D eigenvalue weighted by Gasteiger charge is -2.40. The predicted molar refractivity (Wildman–Crippen MR) is 164 cm³/mol. The van der Waals surface area contributed by atoms with Gasteiger partial charge >= 0.3 is 6.09 Å². The Morgan fingerprint density at radius 3 is 2.40 bits per heavy atom. The summed E-state index contributed by atoms with van der Waals surface area (Å²) in [5, 5.41) is 6.26. The number of amides is 1. The number of methoxy groups -OCH3 is 1. The highest BCUT2D eigenvalue weighted by atomic mass is 35.5. The molecule has 1 fully saturated rings. The molecule has 4 rings (SSSR count). The SMILES string of the molecule is COc1ccc(CNc2nccc(C(=O)c3ncc(N4CCC(C)(CNC(=O)OC(C)(C)C)CC4)nc3Cl)c2C)cc1. The first-order valence-corrected chi connectivity index (χ1v) is 14.4. The second-order valence-electron chi connectivity index (χ2n) is 11.9. The molecule has 10 nitrogen and oxygen atoms in total. The maximum Gasteiger partial charge on any atom is 0.407 e. The first-order chi connectivity index (χ1) is 19.9. The van der Waals surface area contributed by atoms with Crippen LogP contribution in [0.1, 0.15) is 67.7 Å². The molecule has 0 spiro atoms. The zero-order valence-electron chi connectivity index (χ0n) is 25.1. The van der Waals surface area contributed by atoms with E-state index in [2.05, 4.69) is 37.4 Å². The van der Waals surface area contributed by atoms with Crippen molar-refractivity contribution in [3.05, 3.63) is 70.3 Å². The van der Waals surface area contributed by atoms with E-state index in [1.54, 1.807) is 25.6 Å². The van der Waals surface area contributed by atoms with E-state index in [0.29, 0.717) is 35.9 Å². The molecule has 2 N–H and O–H groups in total. The van der Waals surface area contributed by atoms with Gasteiger partial charge in [0.1, 0.15) is 28.7 Å². The normalized spacial score (nSPS) is 14.7. The highest BCUT2D eigenvalue weighted by Gasteiger charge is 2.32. The third kappa shape index (κ3) is 7.88. The smallest absolute Gasteiger partial charge is 0.407 e. The fourth-order valence-corrected chi connectivity index (χ4v) is 4.95. The number of pyridine rings is 1. The molecule has 0 bridgehead atoms. The molecule has 11 heteroatoms. The summed E-state index contributed by atoms with van der Waals surface area (Å²) in [6.45, 7) is 12.0. The quantitative estimate of drug-likeness (QED) is 0.295. The number of ketones is 1. The van der Waals surface area contributed by atoms with Crippen LogP contribution in [-0.2, 0) is 11.3 Å². The molecule has 0 aliphatic carbocycles. The topological polar surface area (TPSA) is 119 Å². The third-order valence-corrected chi connectivity index (χ3v) is 7.62. The van der Waals surface area contributed by atoms with Crippen molar-refractivity contribution in [3.8, 4) is 5.75 Å². The van der Waals surface area contributed by atoms with Crippen molar-refractivity contribution in [2.45, 2.75) is 59.6 Å². The second-order valence-corrected chi connectivity index (χ2v) is 12.2. The zero-order chi connectivity index (χ0) is 30.5. The summed E-state index contributed by atoms with van der Waals surface area (Å²) in [4.78, 5) is 41.0. The van der Waals surface area contributed by atoms with Gasteiger partial charge in [0.2, 0.25) is 5.78 Å². The molecule has 1 aromatic carbocycles. The Morgan fingerprint density at radius 2 is 1.79 bits per heavy atom. The summed E-state index contributed by atoms with van der Waals surface area (Å²) in [6, 6.07) is 9.40. The number of rotatable bonds is 9. The van der Waals surface area contributed by atoms with E-state index in [-0.39, 0.29) is 22.0 Å². The minimum atomic E-state index is -0.535. The molecule has 2 aromatic heterocycles. The van der Waals surface area contributed by atoms with Gasteiger partial charge in [0, 0.05) is 43.5 Å². The summed E-state index contributed by atoms with van der Waals surface area (Å²) in [5.74, 6) is 1.70. The monoisotopic (exact) mass is 594 g/mol. The number of carbonyl (C=O) groups is 2. The summed E-state index contributed by atoms with van der Waals surface area (Å²) in [5.41, 5.74) is 1.70. The molecule has 1 aliphatic heterocycles. The highest BCUT2D eigenvalue weighted by molar-refractivity contribution is 6.33. The maximum absolute atomic E-state index is 13.5. The van der Waals surface area contributed by atoms with Crippen molar-refractivity contribution < 1.29 is 19.1 Å². The average molecular weight is 595 g/mol. The minimum absolute atomic E-state index is 0.0568. The highest BCUT2D eigenvalue weighted by Crippen LogP contribution is 2.33. The number of nitrogens with zero attached hydrogens (tertiary/aromatic N) is 4. The Kier molecular flexibility index (Phi) is 9.56. The van der Waals surface area contributed by atoms with E-state index in [1.165, 1.54) is 0 Å². The van der Waals surface area contributed by atoms with Crippen LogP contribution < -0.4 is 20.3 Å². The van der Waals surface area contributed by atoms with Crippen LogP contribution in [0, 0.1) is 12.3 Å². The van der Waals surface area contributed by atoms with Gasteiger partial charge in [-0.15, -0.1) is 0 Å². The van der Waals surface area contributed by atoms with Gasteiger partial charge in [-0.05, 0) is 69.7 Å². The van der Waals surface area contributed by atoms with Crippen LogP contribution in [0.5, 0.6) is 5.75 Å². The molecular formula is C31H39ClN6O4. The van der Waals surface area contributed by atoms with E-state index in [0.717, 1.165) is 37.2 Å². The van der Waals surface area contributed by atoms with Crippen molar-refractivity contribution in [2.75, 3.05) is 37.0 Å². The van der Waals surface area contributed by atoms with Gasteiger partial charge in [-0.3, -0.25) is 4.79 Å². The molecule has 42 heavy (non-hydrogen) atoms. The van der Waals surface area contributed by atoms with Crippen molar-refractivity contribution in [2.24, 2.45) is 5.41 Å². The molecule has 0 saturated carbocycles. The number of carbonyl (C=O) groups excluding carboxylic acids is 2. The summed E-state index contributed by atoms with van der Waals surface area (Å²) < 4.78 is 10.6. The fourth-order valence-electron chi connectivity index (χ4n) is 4.73. The Labute approximate surface area is 252 Å². The number of hydrogen-bond donors (Lipinski definition) is 2. The first kappa shape index (κ1) is 31.0. The van der Waals surface area contributed by atoms with Crippen molar-refractivity contribution in [1.29, 1.82) is 0 Å². The number of anilines is 2. The van der Waals surface area contributed by atoms with Gasteiger partial charge in [0.05, 0.1) is 13.3 Å². The average Bonchev–Trinajstić information content (AvgIpc) is 2.95. The number of aromatic nitrogens is 3. The number of benzene rings is 1. The lowest BCUT2D eigenvalue weighted by Crippen LogP contribution is -2.46. The van der Waals surface area contributed by atoms with Crippen LogP contribution >= 0.6 is 11.6 Å². The Morgan fingerprint density at radius 1 is 1.10 bits per heavy atom. The summed E-state index contributed by atoms with van der Waals surface area (Å²) in [6.07, 6.45) is 4.46. The van der Waals surface area contributed by atoms with Crippen LogP contribution in [0.3, 0.4) is 0 Å².